The average molecular weight is 1210 g/mol. The second kappa shape index (κ2) is 67.4. The van der Waals surface area contributed by atoms with E-state index in [1.54, 1.807) is 0 Å². The monoisotopic (exact) mass is 1210 g/mol. The zero-order valence-electron chi connectivity index (χ0n) is 56.6. The van der Waals surface area contributed by atoms with Crippen LogP contribution in [0.3, 0.4) is 0 Å². The van der Waals surface area contributed by atoms with Crippen LogP contribution in [0.2, 0.25) is 0 Å². The van der Waals surface area contributed by atoms with E-state index >= 15 is 0 Å². The zero-order valence-corrected chi connectivity index (χ0v) is 56.6. The van der Waals surface area contributed by atoms with E-state index in [4.69, 9.17) is 18.9 Å². The first kappa shape index (κ1) is 82.4. The molecule has 0 aliphatic rings. The van der Waals surface area contributed by atoms with Crippen molar-refractivity contribution in [2.45, 2.75) is 296 Å². The van der Waals surface area contributed by atoms with Crippen LogP contribution in [0, 0.1) is 0 Å². The largest absolute Gasteiger partial charge is 0.477 e. The molecule has 0 rings (SSSR count). The number of esters is 2. The molecule has 1 N–H and O–H groups in total. The van der Waals surface area contributed by atoms with Crippen molar-refractivity contribution < 1.29 is 42.9 Å². The number of carbonyl (C=O) groups is 3. The van der Waals surface area contributed by atoms with E-state index in [1.807, 2.05) is 21.1 Å². The highest BCUT2D eigenvalue weighted by Gasteiger charge is 2.25. The molecule has 0 heterocycles. The number of carboxylic acids is 1. The predicted octanol–water partition coefficient (Wildman–Crippen LogP) is 22.1. The molecule has 0 aliphatic heterocycles. The van der Waals surface area contributed by atoms with Gasteiger partial charge in [-0.05, 0) is 109 Å². The Kier molecular flexibility index (Phi) is 63.8. The minimum Gasteiger partial charge on any atom is -0.477 e. The van der Waals surface area contributed by atoms with Crippen LogP contribution in [0.25, 0.3) is 0 Å². The Morgan fingerprint density at radius 2 is 0.621 bits per heavy atom. The second-order valence-corrected chi connectivity index (χ2v) is 24.4. The van der Waals surface area contributed by atoms with Gasteiger partial charge in [0.2, 0.25) is 0 Å². The summed E-state index contributed by atoms with van der Waals surface area (Å²) in [4.78, 5) is 37.6. The van der Waals surface area contributed by atoms with Crippen molar-refractivity contribution in [3.8, 4) is 0 Å². The topological polar surface area (TPSA) is 108 Å². The Morgan fingerprint density at radius 3 is 0.920 bits per heavy atom. The van der Waals surface area contributed by atoms with Gasteiger partial charge < -0.3 is 28.5 Å². The van der Waals surface area contributed by atoms with Gasteiger partial charge in [-0.1, -0.05) is 295 Å². The molecule has 0 aromatic rings. The van der Waals surface area contributed by atoms with Gasteiger partial charge in [0.1, 0.15) is 13.2 Å². The fraction of sp³-hybridized carbons (Fsp3) is 0.679. The number of nitrogens with zero attached hydrogens (tertiary/aromatic N) is 1. The number of carbonyl (C=O) groups excluding carboxylic acids is 2. The van der Waals surface area contributed by atoms with Gasteiger partial charge in [-0.25, -0.2) is 4.79 Å². The number of rotatable bonds is 64. The van der Waals surface area contributed by atoms with Gasteiger partial charge in [-0.2, -0.15) is 0 Å². The van der Waals surface area contributed by atoms with Crippen molar-refractivity contribution in [3.05, 3.63) is 134 Å². The summed E-state index contributed by atoms with van der Waals surface area (Å²) >= 11 is 0. The maximum Gasteiger partial charge on any atom is 0.361 e. The van der Waals surface area contributed by atoms with Gasteiger partial charge in [-0.3, -0.25) is 9.59 Å². The molecule has 0 saturated carbocycles. The third kappa shape index (κ3) is 68.8. The number of aliphatic carboxylic acids is 1. The van der Waals surface area contributed by atoms with Crippen molar-refractivity contribution >= 4 is 17.9 Å². The summed E-state index contributed by atoms with van der Waals surface area (Å²) in [6, 6.07) is 0. The second-order valence-electron chi connectivity index (χ2n) is 24.4. The zero-order chi connectivity index (χ0) is 63.3. The Balaban J connectivity index is 4.11. The van der Waals surface area contributed by atoms with Gasteiger partial charge in [0, 0.05) is 12.8 Å². The van der Waals surface area contributed by atoms with E-state index in [2.05, 4.69) is 148 Å². The highest BCUT2D eigenvalue weighted by atomic mass is 16.7. The third-order valence-corrected chi connectivity index (χ3v) is 14.9. The summed E-state index contributed by atoms with van der Waals surface area (Å²) in [5.74, 6) is -2.01. The number of carboxylic acid groups (broad SMARTS) is 1. The molecular weight excluding hydrogens is 1080 g/mol. The first-order chi connectivity index (χ1) is 42.6. The summed E-state index contributed by atoms with van der Waals surface area (Å²) in [6.07, 6.45) is 94.2. The fourth-order valence-electron chi connectivity index (χ4n) is 9.58. The van der Waals surface area contributed by atoms with Gasteiger partial charge in [0.05, 0.1) is 34.4 Å². The number of ether oxygens (including phenoxy) is 4. The van der Waals surface area contributed by atoms with Gasteiger partial charge in [0.15, 0.2) is 6.10 Å². The van der Waals surface area contributed by atoms with Crippen LogP contribution in [0.1, 0.15) is 284 Å². The molecule has 0 saturated heterocycles. The van der Waals surface area contributed by atoms with E-state index in [-0.39, 0.29) is 32.2 Å². The molecule has 0 aromatic heterocycles. The molecule has 0 radical (unpaired) electrons. The molecule has 0 aromatic carbocycles. The molecule has 496 valence electrons. The standard InChI is InChI=1S/C78H131NO8/c1-6-8-10-12-14-16-18-20-22-24-26-28-30-32-33-34-35-36-37-38-39-40-41-42-43-45-47-49-51-53-55-57-59-61-63-65-67-69-76(81)87-74(73-86-78(77(82)83)84-71-70-79(3,4)5)72-85-75(80)68-66-64-62-60-58-56-54-52-50-48-46-44-31-29-27-25-23-21-19-17-15-13-11-9-7-2/h8-11,14-17,20-23,26-29,32-33,35-36,38-39,74,78H,6-7,12-13,18-19,24-25,30-31,34,37,40-73H2,1-5H3/p+1/b10-8-,11-9-,16-14-,17-15-,22-20-,23-21-,28-26-,29-27-,33-32-,36-35-,39-38-. The number of hydrogen-bond donors (Lipinski definition) is 1. The van der Waals surface area contributed by atoms with Gasteiger partial charge in [-0.15, -0.1) is 0 Å². The predicted molar refractivity (Wildman–Crippen MR) is 373 cm³/mol. The molecule has 0 amide bonds. The van der Waals surface area contributed by atoms with Crippen molar-refractivity contribution in [2.75, 3.05) is 47.5 Å². The number of likely N-dealkylation sites (N-methyl/N-ethyl adjacent to an activating group) is 1. The summed E-state index contributed by atoms with van der Waals surface area (Å²) in [6.45, 7) is 4.66. The van der Waals surface area contributed by atoms with Crippen LogP contribution in [-0.4, -0.2) is 87.4 Å². The Labute approximate surface area is 535 Å². The van der Waals surface area contributed by atoms with E-state index in [0.717, 1.165) is 103 Å². The van der Waals surface area contributed by atoms with E-state index in [9.17, 15) is 19.5 Å². The average Bonchev–Trinajstić information content (AvgIpc) is 3.57. The van der Waals surface area contributed by atoms with Gasteiger partial charge in [0.25, 0.3) is 6.29 Å². The first-order valence-electron chi connectivity index (χ1n) is 35.3. The lowest BCUT2D eigenvalue weighted by Gasteiger charge is -2.25. The molecular formula is C78H132NO8+. The van der Waals surface area contributed by atoms with Crippen LogP contribution in [0.5, 0.6) is 0 Å². The third-order valence-electron chi connectivity index (χ3n) is 14.9. The normalized spacial score (nSPS) is 13.5. The molecule has 0 aliphatic carbocycles. The number of hydrogen-bond acceptors (Lipinski definition) is 7. The lowest BCUT2D eigenvalue weighted by atomic mass is 10.0. The molecule has 0 fully saturated rings. The summed E-state index contributed by atoms with van der Waals surface area (Å²) in [7, 11) is 5.97. The smallest absolute Gasteiger partial charge is 0.361 e. The van der Waals surface area contributed by atoms with Crippen LogP contribution >= 0.6 is 0 Å². The number of unbranched alkanes of at least 4 members (excludes halogenated alkanes) is 27. The first-order valence-corrected chi connectivity index (χ1v) is 35.3. The van der Waals surface area contributed by atoms with Crippen LogP contribution in [0.4, 0.5) is 0 Å². The SMILES string of the molecule is CC/C=C\C/C=C\C/C=C\C/C=C\C/C=C\C/C=C\C/C=C\CCCCCCCCCCCCCCCCCC(=O)OC(COC(=O)CCCCCCCCCCCCCC/C=C\C/C=C\C/C=C\C/C=C\CC)COC(OCC[N+](C)(C)C)C(=O)O. The minimum absolute atomic E-state index is 0.183. The lowest BCUT2D eigenvalue weighted by molar-refractivity contribution is -0.870. The van der Waals surface area contributed by atoms with E-state index in [1.165, 1.54) is 148 Å². The molecule has 2 unspecified atom stereocenters. The van der Waals surface area contributed by atoms with Crippen LogP contribution < -0.4 is 0 Å². The Hall–Kier alpha value is -4.57. The fourth-order valence-corrected chi connectivity index (χ4v) is 9.58. The molecule has 9 nitrogen and oxygen atoms in total. The highest BCUT2D eigenvalue weighted by Crippen LogP contribution is 2.17. The van der Waals surface area contributed by atoms with Crippen LogP contribution in [-0.2, 0) is 33.3 Å². The van der Waals surface area contributed by atoms with Crippen molar-refractivity contribution in [1.82, 2.24) is 0 Å². The highest BCUT2D eigenvalue weighted by molar-refractivity contribution is 5.71. The van der Waals surface area contributed by atoms with Crippen LogP contribution in [0.15, 0.2) is 134 Å². The van der Waals surface area contributed by atoms with E-state index in [0.29, 0.717) is 23.9 Å². The molecule has 2 atom stereocenters. The van der Waals surface area contributed by atoms with Crippen molar-refractivity contribution in [2.24, 2.45) is 0 Å². The van der Waals surface area contributed by atoms with E-state index < -0.39 is 24.3 Å². The maximum atomic E-state index is 13.0. The molecule has 87 heavy (non-hydrogen) atoms. The summed E-state index contributed by atoms with van der Waals surface area (Å²) in [5.41, 5.74) is 0. The summed E-state index contributed by atoms with van der Waals surface area (Å²) < 4.78 is 23.0. The van der Waals surface area contributed by atoms with Crippen molar-refractivity contribution in [1.29, 1.82) is 0 Å². The minimum atomic E-state index is -1.52. The summed E-state index contributed by atoms with van der Waals surface area (Å²) in [5, 5.41) is 9.75. The van der Waals surface area contributed by atoms with Crippen molar-refractivity contribution in [3.63, 3.8) is 0 Å². The Bertz CT molecular complexity index is 1890. The molecule has 0 bridgehead atoms. The number of quaternary nitrogens is 1. The number of allylic oxidation sites excluding steroid dienone is 22. The molecule has 0 spiro atoms. The lowest BCUT2D eigenvalue weighted by Crippen LogP contribution is -2.40. The molecule has 9 heteroatoms. The Morgan fingerprint density at radius 1 is 0.345 bits per heavy atom. The quantitative estimate of drug-likeness (QED) is 0.0211. The van der Waals surface area contributed by atoms with Gasteiger partial charge >= 0.3 is 17.9 Å². The maximum absolute atomic E-state index is 13.0.